The zero-order valence-electron chi connectivity index (χ0n) is 46.0. The maximum atomic E-state index is 11.8. The van der Waals surface area contributed by atoms with E-state index in [1.54, 1.807) is 31.2 Å². The fraction of sp³-hybridized carbons (Fsp3) is 0.0656. The molecule has 14 rings (SSSR count). The number of amides is 1. The van der Waals surface area contributed by atoms with E-state index in [0.717, 1.165) is 107 Å². The van der Waals surface area contributed by atoms with Gasteiger partial charge in [0.15, 0.2) is 5.82 Å². The SMILES string of the molecule is CC(C)C(=O)Nc1ccc(Nc2nc(Nc3ccn[nH]3)c3ccccc3n2)cc1.Cc1cc(Nc2ncnc3ccccc23)n[nH]1.c1ccc(Nc2nc(Nc3ccn[nH]3)c3ccccc3n2)cc1.c1ccc2c(Nc3ccn[nH]3)ncnc2c1. The molecule has 14 aromatic rings. The highest BCUT2D eigenvalue weighted by molar-refractivity contribution is 5.95. The summed E-state index contributed by atoms with van der Waals surface area (Å²) in [4.78, 5) is 47.0. The maximum Gasteiger partial charge on any atom is 0.229 e. The van der Waals surface area contributed by atoms with Crippen molar-refractivity contribution in [1.29, 1.82) is 0 Å². The summed E-state index contributed by atoms with van der Waals surface area (Å²) < 4.78 is 0. The highest BCUT2D eigenvalue weighted by atomic mass is 16.1. The van der Waals surface area contributed by atoms with Crippen LogP contribution >= 0.6 is 0 Å². The molecule has 11 N–H and O–H groups in total. The first kappa shape index (κ1) is 54.7. The van der Waals surface area contributed by atoms with Gasteiger partial charge in [-0.05, 0) is 91.9 Å². The molecule has 0 saturated carbocycles. The number of nitrogens with one attached hydrogen (secondary N) is 11. The summed E-state index contributed by atoms with van der Waals surface area (Å²) in [6.45, 7) is 5.67. The van der Waals surface area contributed by atoms with Gasteiger partial charge in [0.05, 0.1) is 40.7 Å². The lowest BCUT2D eigenvalue weighted by atomic mass is 10.2. The van der Waals surface area contributed by atoms with Crippen LogP contribution in [0.3, 0.4) is 0 Å². The molecule has 6 aromatic carbocycles. The van der Waals surface area contributed by atoms with Crippen molar-refractivity contribution in [2.75, 3.05) is 37.2 Å². The van der Waals surface area contributed by atoms with Gasteiger partial charge in [-0.3, -0.25) is 25.2 Å². The summed E-state index contributed by atoms with van der Waals surface area (Å²) in [6, 6.07) is 56.1. The van der Waals surface area contributed by atoms with E-state index in [1.165, 1.54) is 0 Å². The summed E-state index contributed by atoms with van der Waals surface area (Å²) in [5.74, 6) is 6.93. The Kier molecular flexibility index (Phi) is 17.0. The number of para-hydroxylation sites is 5. The van der Waals surface area contributed by atoms with Crippen molar-refractivity contribution < 1.29 is 4.79 Å². The molecule has 0 aliphatic carbocycles. The molecule has 0 unspecified atom stereocenters. The largest absolute Gasteiger partial charge is 0.326 e. The van der Waals surface area contributed by atoms with E-state index in [2.05, 4.69) is 118 Å². The molecule has 0 fully saturated rings. The number of rotatable bonds is 14. The van der Waals surface area contributed by atoms with Gasteiger partial charge in [0.25, 0.3) is 0 Å². The minimum Gasteiger partial charge on any atom is -0.326 e. The molecule has 0 radical (unpaired) electrons. The molecule has 8 heterocycles. The number of benzene rings is 6. The number of hydrogen-bond donors (Lipinski definition) is 11. The van der Waals surface area contributed by atoms with Crippen molar-refractivity contribution >= 4 is 125 Å². The van der Waals surface area contributed by atoms with Crippen molar-refractivity contribution in [2.24, 2.45) is 5.92 Å². The van der Waals surface area contributed by atoms with Crippen molar-refractivity contribution in [3.63, 3.8) is 0 Å². The molecule has 0 aliphatic rings. The first-order valence-corrected chi connectivity index (χ1v) is 26.7. The number of carbonyl (C=O) groups is 1. The molecule has 0 bridgehead atoms. The van der Waals surface area contributed by atoms with E-state index in [0.29, 0.717) is 17.7 Å². The van der Waals surface area contributed by atoms with Gasteiger partial charge in [-0.2, -0.15) is 30.4 Å². The quantitative estimate of drug-likeness (QED) is 0.0482. The zero-order chi connectivity index (χ0) is 58.2. The average Bonchev–Trinajstić information content (AvgIpc) is 4.54. The number of aromatic nitrogens is 16. The monoisotopic (exact) mass is 1130 g/mol. The van der Waals surface area contributed by atoms with Crippen LogP contribution in [0.1, 0.15) is 19.5 Å². The van der Waals surface area contributed by atoms with Crippen LogP contribution in [-0.4, -0.2) is 86.6 Å². The lowest BCUT2D eigenvalue weighted by Gasteiger charge is -2.12. The maximum absolute atomic E-state index is 11.8. The minimum absolute atomic E-state index is 0.0157. The Labute approximate surface area is 485 Å². The van der Waals surface area contributed by atoms with Crippen LogP contribution in [0.25, 0.3) is 43.6 Å². The number of carbonyl (C=O) groups excluding carboxylic acids is 1. The Balaban J connectivity index is 0.000000121. The number of aryl methyl sites for hydroxylation is 1. The summed E-state index contributed by atoms with van der Waals surface area (Å²) in [5.41, 5.74) is 7.01. The van der Waals surface area contributed by atoms with Gasteiger partial charge in [0.2, 0.25) is 17.8 Å². The smallest absolute Gasteiger partial charge is 0.229 e. The number of nitrogens with zero attached hydrogens (tertiary/aromatic N) is 12. The highest BCUT2D eigenvalue weighted by Gasteiger charge is 2.13. The summed E-state index contributed by atoms with van der Waals surface area (Å²) in [7, 11) is 0. The first-order valence-electron chi connectivity index (χ1n) is 26.7. The Morgan fingerprint density at radius 2 is 0.812 bits per heavy atom. The Morgan fingerprint density at radius 3 is 1.26 bits per heavy atom. The second-order valence-electron chi connectivity index (χ2n) is 19.0. The van der Waals surface area contributed by atoms with Gasteiger partial charge in [-0.1, -0.05) is 80.6 Å². The van der Waals surface area contributed by atoms with Crippen LogP contribution in [-0.2, 0) is 4.79 Å². The third-order valence-electron chi connectivity index (χ3n) is 12.5. The fourth-order valence-electron chi connectivity index (χ4n) is 8.33. The van der Waals surface area contributed by atoms with Crippen LogP contribution in [0.5, 0.6) is 0 Å². The van der Waals surface area contributed by atoms with Crippen molar-refractivity contribution in [1.82, 2.24) is 80.7 Å². The molecular weight excluding hydrogens is 1070 g/mol. The van der Waals surface area contributed by atoms with E-state index >= 15 is 0 Å². The number of fused-ring (bicyclic) bond motifs is 4. The summed E-state index contributed by atoms with van der Waals surface area (Å²) >= 11 is 0. The van der Waals surface area contributed by atoms with Crippen LogP contribution in [0.2, 0.25) is 0 Å². The second kappa shape index (κ2) is 26.4. The Morgan fingerprint density at radius 1 is 0.400 bits per heavy atom. The predicted octanol–water partition coefficient (Wildman–Crippen LogP) is 12.8. The predicted molar refractivity (Wildman–Crippen MR) is 333 cm³/mol. The normalized spacial score (nSPS) is 10.7. The van der Waals surface area contributed by atoms with Crippen molar-refractivity contribution in [2.45, 2.75) is 20.8 Å². The number of H-pyrrole nitrogens is 4. The third kappa shape index (κ3) is 14.4. The number of hydrogen-bond acceptors (Lipinski definition) is 19. The molecule has 420 valence electrons. The van der Waals surface area contributed by atoms with E-state index in [9.17, 15) is 4.79 Å². The van der Waals surface area contributed by atoms with Crippen molar-refractivity contribution in [3.8, 4) is 0 Å². The molecular formula is C61H55N23O. The zero-order valence-corrected chi connectivity index (χ0v) is 46.0. The van der Waals surface area contributed by atoms with Crippen molar-refractivity contribution in [3.05, 3.63) is 213 Å². The van der Waals surface area contributed by atoms with Gasteiger partial charge in [0.1, 0.15) is 53.4 Å². The molecule has 1 amide bonds. The summed E-state index contributed by atoms with van der Waals surface area (Å²) in [6.07, 6.45) is 8.14. The van der Waals surface area contributed by atoms with Crippen LogP contribution < -0.4 is 37.2 Å². The van der Waals surface area contributed by atoms with E-state index < -0.39 is 0 Å². The molecule has 24 heteroatoms. The molecule has 0 aliphatic heterocycles. The molecule has 24 nitrogen and oxygen atoms in total. The fourth-order valence-corrected chi connectivity index (χ4v) is 8.33. The topological polar surface area (TPSA) is 319 Å². The van der Waals surface area contributed by atoms with E-state index in [4.69, 9.17) is 0 Å². The standard InChI is InChI=1S/C21H21N7O.C17H14N6.C12H11N5.C11H9N5/c1-13(2)20(29)23-14-7-9-15(10-8-14)24-21-25-17-6-4-3-5-16(17)19(27-21)26-18-11-12-22-28-18;1-2-6-12(7-3-1)19-17-20-14-9-5-4-8-13(14)16(22-17)21-15-10-11-18-23-15;1-8-6-11(17-16-8)15-12-9-4-2-3-5-10(9)13-7-14-12;1-2-4-9-8(3-1)11(13-7-12-9)15-10-5-6-14-16-10/h3-13H,1-2H3,(H,23,29)(H3,22,24,25,26,27,28);1-11H,(H3,18,19,20,21,22,23);2-7H,1H3,(H2,13,14,15,16,17);1-7H,(H2,12,13,14,15,16). The van der Waals surface area contributed by atoms with E-state index in [-0.39, 0.29) is 11.8 Å². The second-order valence-corrected chi connectivity index (χ2v) is 19.0. The number of aromatic amines is 4. The highest BCUT2D eigenvalue weighted by Crippen LogP contribution is 2.29. The van der Waals surface area contributed by atoms with Gasteiger partial charge in [0, 0.05) is 74.5 Å². The molecule has 0 saturated heterocycles. The summed E-state index contributed by atoms with van der Waals surface area (Å²) in [5, 5.41) is 53.3. The molecule has 0 atom stereocenters. The van der Waals surface area contributed by atoms with Crippen LogP contribution in [0, 0.1) is 12.8 Å². The average molecular weight is 1130 g/mol. The molecule has 8 aromatic heterocycles. The Bertz CT molecular complexity index is 4410. The van der Waals surface area contributed by atoms with E-state index in [1.807, 2.05) is 197 Å². The third-order valence-corrected chi connectivity index (χ3v) is 12.5. The molecule has 0 spiro atoms. The Hall–Kier alpha value is -12.2. The van der Waals surface area contributed by atoms with Gasteiger partial charge < -0.3 is 37.2 Å². The van der Waals surface area contributed by atoms with Crippen LogP contribution in [0.15, 0.2) is 207 Å². The van der Waals surface area contributed by atoms with Gasteiger partial charge in [-0.25, -0.2) is 29.9 Å². The van der Waals surface area contributed by atoms with Gasteiger partial charge >= 0.3 is 0 Å². The van der Waals surface area contributed by atoms with Gasteiger partial charge in [-0.15, -0.1) is 0 Å². The number of anilines is 13. The lowest BCUT2D eigenvalue weighted by Crippen LogP contribution is -2.17. The minimum atomic E-state index is -0.0698. The first-order chi connectivity index (χ1) is 41.7. The molecule has 85 heavy (non-hydrogen) atoms. The lowest BCUT2D eigenvalue weighted by molar-refractivity contribution is -0.118. The van der Waals surface area contributed by atoms with Crippen LogP contribution in [0.4, 0.5) is 75.5 Å².